The van der Waals surface area contributed by atoms with Crippen molar-refractivity contribution >= 4 is 11.6 Å². The van der Waals surface area contributed by atoms with Crippen molar-refractivity contribution in [3.63, 3.8) is 0 Å². The number of hydrogen-bond acceptors (Lipinski definition) is 3. The molecular weight excluding hydrogens is 300 g/mol. The Morgan fingerprint density at radius 1 is 1.12 bits per heavy atom. The van der Waals surface area contributed by atoms with Crippen LogP contribution in [-0.2, 0) is 13.0 Å². The Labute approximate surface area is 141 Å². The van der Waals surface area contributed by atoms with Gasteiger partial charge in [-0.3, -0.25) is 4.57 Å². The van der Waals surface area contributed by atoms with Crippen LogP contribution < -0.4 is 11.1 Å². The molecule has 6 nitrogen and oxygen atoms in total. The lowest BCUT2D eigenvalue weighted by atomic mass is 10.1. The summed E-state index contributed by atoms with van der Waals surface area (Å²) in [7, 11) is 0. The Balaban J connectivity index is 1.68. The molecule has 3 rings (SSSR count). The van der Waals surface area contributed by atoms with Gasteiger partial charge < -0.3 is 11.1 Å². The van der Waals surface area contributed by atoms with Crippen LogP contribution in [0.4, 0.5) is 5.69 Å². The number of guanidine groups is 1. The Bertz CT molecular complexity index is 805. The van der Waals surface area contributed by atoms with Crippen LogP contribution in [0, 0.1) is 0 Å². The number of nitrogens with zero attached hydrogens (tertiary/aromatic N) is 4. The zero-order valence-corrected chi connectivity index (χ0v) is 13.6. The molecule has 0 aliphatic heterocycles. The number of nitrogens with one attached hydrogen (secondary N) is 1. The number of anilines is 1. The van der Waals surface area contributed by atoms with Crippen LogP contribution in [0.2, 0.25) is 0 Å². The third kappa shape index (κ3) is 3.78. The van der Waals surface area contributed by atoms with E-state index in [1.165, 1.54) is 5.56 Å². The number of rotatable bonds is 5. The van der Waals surface area contributed by atoms with Gasteiger partial charge in [-0.1, -0.05) is 37.3 Å². The van der Waals surface area contributed by atoms with Crippen molar-refractivity contribution in [2.45, 2.75) is 19.9 Å². The van der Waals surface area contributed by atoms with Gasteiger partial charge in [0.05, 0.1) is 0 Å². The molecule has 1 heterocycles. The molecule has 24 heavy (non-hydrogen) atoms. The zero-order valence-electron chi connectivity index (χ0n) is 13.6. The minimum atomic E-state index is 0.348. The molecule has 1 aromatic heterocycles. The fourth-order valence-electron chi connectivity index (χ4n) is 2.34. The van der Waals surface area contributed by atoms with Crippen molar-refractivity contribution in [3.05, 3.63) is 72.3 Å². The summed E-state index contributed by atoms with van der Waals surface area (Å²) in [6.07, 6.45) is 2.69. The normalized spacial score (nSPS) is 11.5. The molecule has 0 amide bonds. The molecule has 0 bridgehead atoms. The highest BCUT2D eigenvalue weighted by atomic mass is 15.3. The van der Waals surface area contributed by atoms with E-state index in [0.717, 1.165) is 23.6 Å². The maximum Gasteiger partial charge on any atom is 0.193 e. The van der Waals surface area contributed by atoms with Crippen molar-refractivity contribution in [3.8, 4) is 5.69 Å². The van der Waals surface area contributed by atoms with Crippen LogP contribution in [0.5, 0.6) is 0 Å². The molecule has 2 aromatic carbocycles. The fraction of sp³-hybridized carbons (Fsp3) is 0.167. The van der Waals surface area contributed by atoms with Crippen molar-refractivity contribution in [1.82, 2.24) is 14.8 Å². The molecule has 0 atom stereocenters. The monoisotopic (exact) mass is 320 g/mol. The highest BCUT2D eigenvalue weighted by Crippen LogP contribution is 2.11. The van der Waals surface area contributed by atoms with E-state index in [2.05, 4.69) is 39.6 Å². The maximum absolute atomic E-state index is 5.96. The summed E-state index contributed by atoms with van der Waals surface area (Å²) in [5.41, 5.74) is 9.16. The summed E-state index contributed by atoms with van der Waals surface area (Å²) >= 11 is 0. The van der Waals surface area contributed by atoms with E-state index in [1.807, 2.05) is 47.0 Å². The molecule has 0 saturated heterocycles. The Morgan fingerprint density at radius 3 is 2.58 bits per heavy atom. The number of hydrogen-bond donors (Lipinski definition) is 2. The molecule has 0 fully saturated rings. The second kappa shape index (κ2) is 7.41. The van der Waals surface area contributed by atoms with E-state index in [-0.39, 0.29) is 0 Å². The van der Waals surface area contributed by atoms with Gasteiger partial charge in [-0.05, 0) is 36.2 Å². The largest absolute Gasteiger partial charge is 0.370 e. The second-order valence-corrected chi connectivity index (χ2v) is 5.33. The van der Waals surface area contributed by atoms with Crippen LogP contribution in [0.15, 0.2) is 65.9 Å². The minimum absolute atomic E-state index is 0.348. The first kappa shape index (κ1) is 15.7. The number of aryl methyl sites for hydroxylation is 1. The van der Waals surface area contributed by atoms with Gasteiger partial charge >= 0.3 is 0 Å². The Hall–Kier alpha value is -3.15. The van der Waals surface area contributed by atoms with E-state index in [9.17, 15) is 0 Å². The predicted octanol–water partition coefficient (Wildman–Crippen LogP) is 2.76. The molecule has 0 aliphatic carbocycles. The van der Waals surface area contributed by atoms with Crippen LogP contribution in [0.3, 0.4) is 0 Å². The molecular formula is C18H20N6. The molecule has 3 aromatic rings. The van der Waals surface area contributed by atoms with Gasteiger partial charge in [0, 0.05) is 11.4 Å². The molecule has 122 valence electrons. The summed E-state index contributed by atoms with van der Waals surface area (Å²) in [6, 6.07) is 18.0. The highest BCUT2D eigenvalue weighted by molar-refractivity contribution is 5.92. The van der Waals surface area contributed by atoms with Crippen molar-refractivity contribution in [2.24, 2.45) is 10.7 Å². The van der Waals surface area contributed by atoms with E-state index in [1.54, 1.807) is 6.33 Å². The molecule has 6 heteroatoms. The fourth-order valence-corrected chi connectivity index (χ4v) is 2.34. The van der Waals surface area contributed by atoms with Crippen molar-refractivity contribution in [1.29, 1.82) is 0 Å². The van der Waals surface area contributed by atoms with Crippen molar-refractivity contribution < 1.29 is 0 Å². The van der Waals surface area contributed by atoms with Gasteiger partial charge in [-0.25, -0.2) is 4.99 Å². The third-order valence-electron chi connectivity index (χ3n) is 3.68. The number of aromatic nitrogens is 3. The zero-order chi connectivity index (χ0) is 16.8. The topological polar surface area (TPSA) is 81.1 Å². The van der Waals surface area contributed by atoms with Crippen LogP contribution in [0.25, 0.3) is 5.69 Å². The van der Waals surface area contributed by atoms with Crippen LogP contribution in [-0.4, -0.2) is 20.7 Å². The number of nitrogens with two attached hydrogens (primary N) is 1. The summed E-state index contributed by atoms with van der Waals surface area (Å²) in [5, 5.41) is 11.2. The molecule has 3 N–H and O–H groups in total. The van der Waals surface area contributed by atoms with Gasteiger partial charge in [0.25, 0.3) is 0 Å². The lowest BCUT2D eigenvalue weighted by Gasteiger charge is -2.07. The van der Waals surface area contributed by atoms with Gasteiger partial charge in [-0.15, -0.1) is 10.2 Å². The van der Waals surface area contributed by atoms with E-state index in [4.69, 9.17) is 5.73 Å². The second-order valence-electron chi connectivity index (χ2n) is 5.33. The van der Waals surface area contributed by atoms with Gasteiger partial charge in [0.15, 0.2) is 11.8 Å². The first-order chi connectivity index (χ1) is 11.8. The summed E-state index contributed by atoms with van der Waals surface area (Å²) < 4.78 is 1.90. The molecule has 0 unspecified atom stereocenters. The summed E-state index contributed by atoms with van der Waals surface area (Å²) in [4.78, 5) is 4.35. The Kier molecular flexibility index (Phi) is 4.86. The van der Waals surface area contributed by atoms with E-state index < -0.39 is 0 Å². The predicted molar refractivity (Wildman–Crippen MR) is 96.1 cm³/mol. The summed E-state index contributed by atoms with van der Waals surface area (Å²) in [5.74, 6) is 1.08. The minimum Gasteiger partial charge on any atom is -0.370 e. The first-order valence-corrected chi connectivity index (χ1v) is 7.86. The SMILES string of the molecule is CCc1ccc(NC(N)=NCc2nncn2-c2ccccc2)cc1. The Morgan fingerprint density at radius 2 is 1.88 bits per heavy atom. The molecule has 0 aliphatic rings. The average molecular weight is 320 g/mol. The smallest absolute Gasteiger partial charge is 0.193 e. The van der Waals surface area contributed by atoms with Gasteiger partial charge in [0.2, 0.25) is 0 Å². The van der Waals surface area contributed by atoms with E-state index >= 15 is 0 Å². The number of aliphatic imine (C=N–C) groups is 1. The van der Waals surface area contributed by atoms with Gasteiger partial charge in [0.1, 0.15) is 12.9 Å². The quantitative estimate of drug-likeness (QED) is 0.559. The molecule has 0 spiro atoms. The van der Waals surface area contributed by atoms with Crippen LogP contribution >= 0.6 is 0 Å². The van der Waals surface area contributed by atoms with Gasteiger partial charge in [-0.2, -0.15) is 0 Å². The standard InChI is InChI=1S/C18H20N6/c1-2-14-8-10-15(11-9-14)22-18(19)20-12-17-23-21-13-24(17)16-6-4-3-5-7-16/h3-11,13H,2,12H2,1H3,(H3,19,20,22). The summed E-state index contributed by atoms with van der Waals surface area (Å²) in [6.45, 7) is 2.47. The average Bonchev–Trinajstić information content (AvgIpc) is 3.10. The molecule has 0 saturated carbocycles. The lowest BCUT2D eigenvalue weighted by molar-refractivity contribution is 0.859. The van der Waals surface area contributed by atoms with E-state index in [0.29, 0.717) is 12.5 Å². The van der Waals surface area contributed by atoms with Crippen molar-refractivity contribution in [2.75, 3.05) is 5.32 Å². The maximum atomic E-state index is 5.96. The number of benzene rings is 2. The van der Waals surface area contributed by atoms with Crippen LogP contribution in [0.1, 0.15) is 18.3 Å². The number of para-hydroxylation sites is 1. The lowest BCUT2D eigenvalue weighted by Crippen LogP contribution is -2.22. The first-order valence-electron chi connectivity index (χ1n) is 7.86. The molecule has 0 radical (unpaired) electrons. The highest BCUT2D eigenvalue weighted by Gasteiger charge is 2.05. The third-order valence-corrected chi connectivity index (χ3v) is 3.68.